The summed E-state index contributed by atoms with van der Waals surface area (Å²) in [5.41, 5.74) is 1.12. The van der Waals surface area contributed by atoms with Gasteiger partial charge < -0.3 is 9.64 Å². The van der Waals surface area contributed by atoms with Gasteiger partial charge in [0.25, 0.3) is 5.91 Å². The number of carbonyl (C=O) groups is 1. The Morgan fingerprint density at radius 1 is 0.812 bits per heavy atom. The van der Waals surface area contributed by atoms with Crippen molar-refractivity contribution in [2.75, 3.05) is 7.11 Å². The quantitative estimate of drug-likeness (QED) is 0.342. The number of nitrogens with zero attached hydrogens (tertiary/aromatic N) is 1. The maximum atomic E-state index is 14.4. The molecule has 4 aromatic carbocycles. The van der Waals surface area contributed by atoms with E-state index in [1.165, 1.54) is 4.90 Å². The van der Waals surface area contributed by atoms with E-state index in [9.17, 15) is 18.0 Å². The molecule has 0 fully saturated rings. The molecular formula is C26H20F3NO2. The molecule has 0 aliphatic carbocycles. The summed E-state index contributed by atoms with van der Waals surface area (Å²) in [7, 11) is 1.55. The normalized spacial score (nSPS) is 10.9. The van der Waals surface area contributed by atoms with Crippen molar-refractivity contribution in [3.05, 3.63) is 113 Å². The molecule has 3 nitrogen and oxygen atoms in total. The summed E-state index contributed by atoms with van der Waals surface area (Å²) in [5, 5.41) is 1.95. The molecule has 1 amide bonds. The summed E-state index contributed by atoms with van der Waals surface area (Å²) >= 11 is 0. The lowest BCUT2D eigenvalue weighted by Gasteiger charge is -2.24. The number of halogens is 3. The standard InChI is InChI=1S/C26H20F3NO2/c1-32-20-11-9-17(10-12-20)15-30(26(31)22-13-14-23(27)25(29)24(22)28)16-19-7-4-6-18-5-2-3-8-21(18)19/h2-14H,15-16H2,1H3. The van der Waals surface area contributed by atoms with Gasteiger partial charge in [0, 0.05) is 13.1 Å². The van der Waals surface area contributed by atoms with Crippen LogP contribution in [0.1, 0.15) is 21.5 Å². The Bertz CT molecular complexity index is 1270. The first kappa shape index (κ1) is 21.4. The summed E-state index contributed by atoms with van der Waals surface area (Å²) in [6.45, 7) is 0.301. The molecular weight excluding hydrogens is 415 g/mol. The van der Waals surface area contributed by atoms with Crippen molar-refractivity contribution in [2.24, 2.45) is 0 Å². The predicted molar refractivity (Wildman–Crippen MR) is 117 cm³/mol. The lowest BCUT2D eigenvalue weighted by molar-refractivity contribution is 0.0724. The number of amides is 1. The van der Waals surface area contributed by atoms with Crippen molar-refractivity contribution >= 4 is 16.7 Å². The van der Waals surface area contributed by atoms with Crippen LogP contribution >= 0.6 is 0 Å². The minimum atomic E-state index is -1.66. The lowest BCUT2D eigenvalue weighted by atomic mass is 10.0. The van der Waals surface area contributed by atoms with E-state index >= 15 is 0 Å². The zero-order chi connectivity index (χ0) is 22.7. The fraction of sp³-hybridized carbons (Fsp3) is 0.115. The molecule has 0 aliphatic heterocycles. The SMILES string of the molecule is COc1ccc(CN(Cc2cccc3ccccc23)C(=O)c2ccc(F)c(F)c2F)cc1. The van der Waals surface area contributed by atoms with Gasteiger partial charge in [-0.1, -0.05) is 54.6 Å². The van der Waals surface area contributed by atoms with Crippen LogP contribution in [-0.4, -0.2) is 17.9 Å². The number of benzene rings is 4. The number of fused-ring (bicyclic) bond motifs is 1. The van der Waals surface area contributed by atoms with Gasteiger partial charge in [-0.25, -0.2) is 13.2 Å². The highest BCUT2D eigenvalue weighted by Crippen LogP contribution is 2.24. The van der Waals surface area contributed by atoms with Crippen LogP contribution < -0.4 is 4.74 Å². The highest BCUT2D eigenvalue weighted by Gasteiger charge is 2.24. The zero-order valence-corrected chi connectivity index (χ0v) is 17.3. The first-order valence-corrected chi connectivity index (χ1v) is 10.0. The maximum absolute atomic E-state index is 14.4. The predicted octanol–water partition coefficient (Wildman–Crippen LogP) is 6.11. The van der Waals surface area contributed by atoms with Gasteiger partial charge in [-0.3, -0.25) is 4.79 Å². The Kier molecular flexibility index (Phi) is 6.12. The maximum Gasteiger partial charge on any atom is 0.257 e. The number of carbonyl (C=O) groups excluding carboxylic acids is 1. The van der Waals surface area contributed by atoms with Crippen molar-refractivity contribution in [2.45, 2.75) is 13.1 Å². The molecule has 0 aliphatic rings. The van der Waals surface area contributed by atoms with E-state index in [2.05, 4.69) is 0 Å². The Morgan fingerprint density at radius 2 is 1.53 bits per heavy atom. The molecule has 6 heteroatoms. The molecule has 0 spiro atoms. The fourth-order valence-electron chi connectivity index (χ4n) is 3.65. The smallest absolute Gasteiger partial charge is 0.257 e. The van der Waals surface area contributed by atoms with E-state index in [1.807, 2.05) is 42.5 Å². The second kappa shape index (κ2) is 9.14. The number of methoxy groups -OCH3 is 1. The largest absolute Gasteiger partial charge is 0.497 e. The molecule has 0 saturated carbocycles. The Labute approximate surface area is 183 Å². The van der Waals surface area contributed by atoms with Crippen molar-refractivity contribution in [1.29, 1.82) is 0 Å². The molecule has 32 heavy (non-hydrogen) atoms. The first-order valence-electron chi connectivity index (χ1n) is 10.0. The molecule has 0 N–H and O–H groups in total. The molecule has 0 saturated heterocycles. The average Bonchev–Trinajstić information content (AvgIpc) is 2.82. The molecule has 0 atom stereocenters. The van der Waals surface area contributed by atoms with E-state index in [4.69, 9.17) is 4.74 Å². The van der Waals surface area contributed by atoms with Gasteiger partial charge in [0.15, 0.2) is 17.5 Å². The third-order valence-corrected chi connectivity index (χ3v) is 5.33. The second-order valence-electron chi connectivity index (χ2n) is 7.37. The van der Waals surface area contributed by atoms with E-state index in [0.717, 1.165) is 34.0 Å². The molecule has 0 bridgehead atoms. The summed E-state index contributed by atoms with van der Waals surface area (Å²) in [5.74, 6) is -4.56. The number of hydrogen-bond donors (Lipinski definition) is 0. The van der Waals surface area contributed by atoms with E-state index < -0.39 is 28.9 Å². The number of rotatable bonds is 6. The van der Waals surface area contributed by atoms with Crippen LogP contribution in [0.25, 0.3) is 10.8 Å². The van der Waals surface area contributed by atoms with Crippen molar-refractivity contribution in [1.82, 2.24) is 4.90 Å². The van der Waals surface area contributed by atoms with E-state index in [0.29, 0.717) is 5.75 Å². The Morgan fingerprint density at radius 3 is 2.28 bits per heavy atom. The summed E-state index contributed by atoms with van der Waals surface area (Å²) in [4.78, 5) is 14.7. The minimum absolute atomic E-state index is 0.143. The highest BCUT2D eigenvalue weighted by molar-refractivity contribution is 5.95. The average molecular weight is 435 g/mol. The number of hydrogen-bond acceptors (Lipinski definition) is 2. The molecule has 4 rings (SSSR count). The van der Waals surface area contributed by atoms with Gasteiger partial charge in [0.1, 0.15) is 5.75 Å². The fourth-order valence-corrected chi connectivity index (χ4v) is 3.65. The van der Waals surface area contributed by atoms with E-state index in [1.54, 1.807) is 31.4 Å². The minimum Gasteiger partial charge on any atom is -0.497 e. The molecule has 0 heterocycles. The van der Waals surface area contributed by atoms with Gasteiger partial charge in [-0.05, 0) is 46.2 Å². The lowest BCUT2D eigenvalue weighted by Crippen LogP contribution is -2.31. The van der Waals surface area contributed by atoms with Gasteiger partial charge in [-0.15, -0.1) is 0 Å². The topological polar surface area (TPSA) is 29.5 Å². The third-order valence-electron chi connectivity index (χ3n) is 5.33. The molecule has 0 unspecified atom stereocenters. The van der Waals surface area contributed by atoms with Gasteiger partial charge in [0.05, 0.1) is 12.7 Å². The Hall–Kier alpha value is -3.80. The van der Waals surface area contributed by atoms with Crippen molar-refractivity contribution < 1.29 is 22.7 Å². The van der Waals surface area contributed by atoms with Crippen LogP contribution in [0.5, 0.6) is 5.75 Å². The molecule has 0 aromatic heterocycles. The zero-order valence-electron chi connectivity index (χ0n) is 17.3. The third kappa shape index (κ3) is 4.30. The summed E-state index contributed by atoms with van der Waals surface area (Å²) < 4.78 is 46.8. The van der Waals surface area contributed by atoms with Crippen molar-refractivity contribution in [3.63, 3.8) is 0 Å². The van der Waals surface area contributed by atoms with Crippen LogP contribution in [0.15, 0.2) is 78.9 Å². The van der Waals surface area contributed by atoms with Crippen LogP contribution in [0, 0.1) is 17.5 Å². The molecule has 4 aromatic rings. The van der Waals surface area contributed by atoms with Crippen LogP contribution in [0.3, 0.4) is 0 Å². The number of ether oxygens (including phenoxy) is 1. The molecule has 162 valence electrons. The van der Waals surface area contributed by atoms with Gasteiger partial charge in [-0.2, -0.15) is 0 Å². The first-order chi connectivity index (χ1) is 15.5. The van der Waals surface area contributed by atoms with Gasteiger partial charge in [0.2, 0.25) is 0 Å². The van der Waals surface area contributed by atoms with E-state index in [-0.39, 0.29) is 13.1 Å². The van der Waals surface area contributed by atoms with Crippen LogP contribution in [0.2, 0.25) is 0 Å². The summed E-state index contributed by atoms with van der Waals surface area (Å²) in [6, 6.07) is 22.3. The Balaban J connectivity index is 1.73. The highest BCUT2D eigenvalue weighted by atomic mass is 19.2. The van der Waals surface area contributed by atoms with Gasteiger partial charge >= 0.3 is 0 Å². The molecule has 0 radical (unpaired) electrons. The second-order valence-corrected chi connectivity index (χ2v) is 7.37. The van der Waals surface area contributed by atoms with Crippen LogP contribution in [0.4, 0.5) is 13.2 Å². The monoisotopic (exact) mass is 435 g/mol. The van der Waals surface area contributed by atoms with Crippen LogP contribution in [-0.2, 0) is 13.1 Å². The van der Waals surface area contributed by atoms with Crippen molar-refractivity contribution in [3.8, 4) is 5.75 Å². The summed E-state index contributed by atoms with van der Waals surface area (Å²) in [6.07, 6.45) is 0.